The fourth-order valence-corrected chi connectivity index (χ4v) is 0.808. The lowest BCUT2D eigenvalue weighted by Crippen LogP contribution is -2.47. The molecule has 0 aliphatic rings. The van der Waals surface area contributed by atoms with Gasteiger partial charge >= 0.3 is 12.1 Å². The topological polar surface area (TPSA) is 72.2 Å². The summed E-state index contributed by atoms with van der Waals surface area (Å²) in [5.41, 5.74) is 3.20. The van der Waals surface area contributed by atoms with Crippen LogP contribution in [0.3, 0.4) is 0 Å². The first kappa shape index (κ1) is 16.6. The zero-order chi connectivity index (χ0) is 14.8. The maximum atomic E-state index is 12.5. The number of hydrogen-bond donors (Lipinski definition) is 2. The van der Waals surface area contributed by atoms with Crippen molar-refractivity contribution < 1.29 is 31.5 Å². The minimum Gasteiger partial charge on any atom is -0.369 e. The molecule has 9 heteroatoms. The van der Waals surface area contributed by atoms with Gasteiger partial charge in [0, 0.05) is 13.0 Å². The summed E-state index contributed by atoms with van der Waals surface area (Å²) >= 11 is 0. The number of primary amides is 1. The molecule has 3 N–H and O–H groups in total. The van der Waals surface area contributed by atoms with Crippen molar-refractivity contribution in [3.05, 3.63) is 0 Å². The summed E-state index contributed by atoms with van der Waals surface area (Å²) in [6.07, 6.45) is -7.27. The van der Waals surface area contributed by atoms with E-state index in [2.05, 4.69) is 0 Å². The van der Waals surface area contributed by atoms with Crippen molar-refractivity contribution in [3.63, 3.8) is 0 Å². The number of halogens is 5. The SMILES string of the molecule is CC(C)(C(N)=O)C(=O)NCCC(F)(F)C(F)(F)F. The van der Waals surface area contributed by atoms with Crippen LogP contribution in [-0.2, 0) is 9.59 Å². The van der Waals surface area contributed by atoms with E-state index in [-0.39, 0.29) is 0 Å². The van der Waals surface area contributed by atoms with Crippen LogP contribution >= 0.6 is 0 Å². The minimum absolute atomic E-state index is 0.915. The molecule has 0 aliphatic heterocycles. The predicted octanol–water partition coefficient (Wildman–Crippen LogP) is 1.20. The zero-order valence-corrected chi connectivity index (χ0v) is 9.70. The molecule has 0 heterocycles. The van der Waals surface area contributed by atoms with Crippen molar-refractivity contribution in [3.8, 4) is 0 Å². The van der Waals surface area contributed by atoms with Crippen molar-refractivity contribution in [2.75, 3.05) is 6.54 Å². The van der Waals surface area contributed by atoms with E-state index in [1.54, 1.807) is 0 Å². The van der Waals surface area contributed by atoms with Crippen molar-refractivity contribution in [1.82, 2.24) is 5.32 Å². The summed E-state index contributed by atoms with van der Waals surface area (Å²) in [6.45, 7) is 1.35. The van der Waals surface area contributed by atoms with Crippen LogP contribution in [0.2, 0.25) is 0 Å². The summed E-state index contributed by atoms with van der Waals surface area (Å²) in [5.74, 6) is -6.91. The Hall–Kier alpha value is -1.41. The molecule has 18 heavy (non-hydrogen) atoms. The molecule has 0 aromatic heterocycles. The Morgan fingerprint density at radius 3 is 1.89 bits per heavy atom. The Bertz CT molecular complexity index is 338. The average molecular weight is 276 g/mol. The predicted molar refractivity (Wildman–Crippen MR) is 51.6 cm³/mol. The summed E-state index contributed by atoms with van der Waals surface area (Å²) in [7, 11) is 0. The fourth-order valence-electron chi connectivity index (χ4n) is 0.808. The van der Waals surface area contributed by atoms with Gasteiger partial charge in [-0.3, -0.25) is 9.59 Å². The summed E-state index contributed by atoms with van der Waals surface area (Å²) in [4.78, 5) is 22.1. The van der Waals surface area contributed by atoms with Crippen LogP contribution in [0.4, 0.5) is 22.0 Å². The van der Waals surface area contributed by atoms with Gasteiger partial charge in [0.2, 0.25) is 11.8 Å². The third kappa shape index (κ3) is 3.81. The Morgan fingerprint density at radius 2 is 1.56 bits per heavy atom. The van der Waals surface area contributed by atoms with E-state index < -0.39 is 42.3 Å². The van der Waals surface area contributed by atoms with Crippen LogP contribution in [0.1, 0.15) is 20.3 Å². The zero-order valence-electron chi connectivity index (χ0n) is 9.70. The standard InChI is InChI=1S/C9H13F5N2O2/c1-7(2,5(15)17)6(18)16-4-3-8(10,11)9(12,13)14/h3-4H2,1-2H3,(H2,15,17)(H,16,18). The fraction of sp³-hybridized carbons (Fsp3) is 0.778. The van der Waals surface area contributed by atoms with Crippen LogP contribution in [0.15, 0.2) is 0 Å². The molecule has 0 radical (unpaired) electrons. The van der Waals surface area contributed by atoms with Crippen LogP contribution in [-0.4, -0.2) is 30.5 Å². The third-order valence-electron chi connectivity index (χ3n) is 2.32. The second-order valence-corrected chi connectivity index (χ2v) is 4.20. The van der Waals surface area contributed by atoms with Crippen LogP contribution < -0.4 is 11.1 Å². The molecule has 0 bridgehead atoms. The van der Waals surface area contributed by atoms with Gasteiger partial charge in [-0.15, -0.1) is 0 Å². The van der Waals surface area contributed by atoms with Gasteiger partial charge < -0.3 is 11.1 Å². The Labute approximate surface area is 99.7 Å². The van der Waals surface area contributed by atoms with Gasteiger partial charge in [0.15, 0.2) is 0 Å². The summed E-state index contributed by atoms with van der Waals surface area (Å²) in [6, 6.07) is 0. The molecule has 0 aromatic rings. The number of carbonyl (C=O) groups is 2. The van der Waals surface area contributed by atoms with Crippen molar-refractivity contribution in [1.29, 1.82) is 0 Å². The molecule has 0 aliphatic carbocycles. The molecule has 4 nitrogen and oxygen atoms in total. The van der Waals surface area contributed by atoms with Crippen molar-refractivity contribution >= 4 is 11.8 Å². The summed E-state index contributed by atoms with van der Waals surface area (Å²) < 4.78 is 60.3. The molecular formula is C9H13F5N2O2. The van der Waals surface area contributed by atoms with Gasteiger partial charge in [-0.1, -0.05) is 0 Å². The number of nitrogens with two attached hydrogens (primary N) is 1. The van der Waals surface area contributed by atoms with Gasteiger partial charge in [-0.25, -0.2) is 0 Å². The van der Waals surface area contributed by atoms with E-state index in [0.29, 0.717) is 0 Å². The minimum atomic E-state index is -5.67. The second-order valence-electron chi connectivity index (χ2n) is 4.20. The monoisotopic (exact) mass is 276 g/mol. The molecular weight excluding hydrogens is 263 g/mol. The third-order valence-corrected chi connectivity index (χ3v) is 2.32. The van der Waals surface area contributed by atoms with E-state index in [0.717, 1.165) is 13.8 Å². The molecule has 0 aromatic carbocycles. The first-order valence-electron chi connectivity index (χ1n) is 4.85. The van der Waals surface area contributed by atoms with E-state index in [4.69, 9.17) is 5.73 Å². The van der Waals surface area contributed by atoms with Crippen molar-refractivity contribution in [2.24, 2.45) is 11.1 Å². The van der Waals surface area contributed by atoms with Crippen LogP contribution in [0.5, 0.6) is 0 Å². The van der Waals surface area contributed by atoms with Gasteiger partial charge in [-0.2, -0.15) is 22.0 Å². The quantitative estimate of drug-likeness (QED) is 0.585. The number of amides is 2. The Morgan fingerprint density at radius 1 is 1.11 bits per heavy atom. The van der Waals surface area contributed by atoms with Gasteiger partial charge in [0.05, 0.1) is 0 Å². The average Bonchev–Trinajstić information content (AvgIpc) is 2.14. The first-order valence-corrected chi connectivity index (χ1v) is 4.85. The molecule has 0 atom stereocenters. The lowest BCUT2D eigenvalue weighted by Gasteiger charge is -2.22. The van der Waals surface area contributed by atoms with Gasteiger partial charge in [0.25, 0.3) is 0 Å². The van der Waals surface area contributed by atoms with Crippen molar-refractivity contribution in [2.45, 2.75) is 32.4 Å². The molecule has 2 amide bonds. The largest absolute Gasteiger partial charge is 0.453 e. The number of hydrogen-bond acceptors (Lipinski definition) is 2. The van der Waals surface area contributed by atoms with E-state index in [1.165, 1.54) is 0 Å². The van der Waals surface area contributed by atoms with E-state index in [9.17, 15) is 31.5 Å². The highest BCUT2D eigenvalue weighted by atomic mass is 19.4. The van der Waals surface area contributed by atoms with Gasteiger partial charge in [0.1, 0.15) is 5.41 Å². The highest BCUT2D eigenvalue weighted by Crippen LogP contribution is 2.37. The normalized spacial score (nSPS) is 13.3. The maximum absolute atomic E-state index is 12.5. The van der Waals surface area contributed by atoms with Gasteiger partial charge in [-0.05, 0) is 13.8 Å². The smallest absolute Gasteiger partial charge is 0.369 e. The highest BCUT2D eigenvalue weighted by molar-refractivity contribution is 6.03. The van der Waals surface area contributed by atoms with Crippen LogP contribution in [0.25, 0.3) is 0 Å². The lowest BCUT2D eigenvalue weighted by molar-refractivity contribution is -0.283. The molecule has 0 spiro atoms. The maximum Gasteiger partial charge on any atom is 0.453 e. The molecule has 0 saturated carbocycles. The molecule has 0 rings (SSSR count). The second kappa shape index (κ2) is 5.07. The highest BCUT2D eigenvalue weighted by Gasteiger charge is 2.56. The molecule has 106 valence electrons. The Kier molecular flexibility index (Phi) is 4.67. The van der Waals surface area contributed by atoms with Crippen LogP contribution in [0, 0.1) is 5.41 Å². The van der Waals surface area contributed by atoms with E-state index in [1.807, 2.05) is 5.32 Å². The lowest BCUT2D eigenvalue weighted by atomic mass is 9.91. The molecule has 0 unspecified atom stereocenters. The first-order chi connectivity index (χ1) is 7.82. The summed E-state index contributed by atoms with van der Waals surface area (Å²) in [5, 5.41) is 1.81. The molecule has 0 fully saturated rings. The Balaban J connectivity index is 4.39. The number of carbonyl (C=O) groups excluding carboxylic acids is 2. The number of rotatable bonds is 5. The van der Waals surface area contributed by atoms with E-state index >= 15 is 0 Å². The number of nitrogens with one attached hydrogen (secondary N) is 1. The number of alkyl halides is 5. The molecule has 0 saturated heterocycles.